The fraction of sp³-hybridized carbons (Fsp3) is 0.538. The molecule has 0 saturated heterocycles. The number of aliphatic hydroxyl groups is 2. The van der Waals surface area contributed by atoms with Crippen LogP contribution in [0.2, 0.25) is 0 Å². The minimum Gasteiger partial charge on any atom is -0.508 e. The summed E-state index contributed by atoms with van der Waals surface area (Å²) >= 11 is 0. The second-order valence-electron chi connectivity index (χ2n) is 5.19. The Kier molecular flexibility index (Phi) is 6.63. The monoisotopic (exact) mass is 283 g/mol. The third-order valence-corrected chi connectivity index (χ3v) is 2.48. The molecule has 0 heterocycles. The van der Waals surface area contributed by atoms with Gasteiger partial charge in [0.05, 0.1) is 12.7 Å². The first-order valence-electron chi connectivity index (χ1n) is 5.69. The van der Waals surface area contributed by atoms with Crippen LogP contribution in [0.25, 0.3) is 0 Å². The normalized spacial score (nSPS) is 12.9. The number of aromatic hydroxyl groups is 1. The Morgan fingerprint density at radius 3 is 2.44 bits per heavy atom. The fourth-order valence-corrected chi connectivity index (χ4v) is 1.46. The molecule has 0 aliphatic carbocycles. The third-order valence-electron chi connectivity index (χ3n) is 2.48. The van der Waals surface area contributed by atoms with Gasteiger partial charge in [-0.1, -0.05) is 6.07 Å². The molecule has 1 rings (SSSR count). The molecular formula is C13H30ClNO3. The molecule has 112 valence electrons. The molecule has 4 N–H and O–H groups in total. The molecule has 0 aliphatic rings. The maximum atomic E-state index is 9.97. The van der Waals surface area contributed by atoms with Crippen molar-refractivity contribution in [2.45, 2.75) is 39.0 Å². The van der Waals surface area contributed by atoms with Crippen molar-refractivity contribution < 1.29 is 21.0 Å². The molecule has 0 aromatic heterocycles. The summed E-state index contributed by atoms with van der Waals surface area (Å²) in [5.74, 6) is 0.0484. The van der Waals surface area contributed by atoms with Gasteiger partial charge < -0.3 is 20.6 Å². The maximum Gasteiger partial charge on any atom is 0.121 e. The van der Waals surface area contributed by atoms with Gasteiger partial charge in [0.1, 0.15) is 5.75 Å². The van der Waals surface area contributed by atoms with Crippen molar-refractivity contribution >= 4 is 12.4 Å². The summed E-state index contributed by atoms with van der Waals surface area (Å²) in [4.78, 5) is 0. The average Bonchev–Trinajstić information content (AvgIpc) is 2.25. The lowest BCUT2D eigenvalue weighted by molar-refractivity contribution is 0.163. The van der Waals surface area contributed by atoms with E-state index in [4.69, 9.17) is 5.11 Å². The number of benzene rings is 1. The van der Waals surface area contributed by atoms with Gasteiger partial charge in [0.25, 0.3) is 0 Å². The molecule has 5 heteroatoms. The van der Waals surface area contributed by atoms with Crippen molar-refractivity contribution in [3.8, 4) is 5.75 Å². The van der Waals surface area contributed by atoms with Crippen molar-refractivity contribution in [3.63, 3.8) is 0 Å². The van der Waals surface area contributed by atoms with E-state index in [2.05, 4.69) is 5.32 Å². The van der Waals surface area contributed by atoms with E-state index in [-0.39, 0.29) is 36.0 Å². The van der Waals surface area contributed by atoms with Crippen LogP contribution in [0.5, 0.6) is 5.75 Å². The molecule has 1 atom stereocenters. The van der Waals surface area contributed by atoms with Gasteiger partial charge in [-0.2, -0.15) is 0 Å². The summed E-state index contributed by atoms with van der Waals surface area (Å²) in [5, 5.41) is 31.6. The number of rotatable bonds is 4. The predicted molar refractivity (Wildman–Crippen MR) is 82.4 cm³/mol. The molecule has 1 aromatic rings. The lowest BCUT2D eigenvalue weighted by atomic mass is 10.0. The first-order valence-corrected chi connectivity index (χ1v) is 5.69. The van der Waals surface area contributed by atoms with Gasteiger partial charge in [0.15, 0.2) is 0 Å². The van der Waals surface area contributed by atoms with E-state index in [1.165, 1.54) is 6.07 Å². The van der Waals surface area contributed by atoms with Gasteiger partial charge >= 0.3 is 0 Å². The molecule has 0 radical (unpaired) electrons. The largest absolute Gasteiger partial charge is 0.508 e. The van der Waals surface area contributed by atoms with Crippen LogP contribution < -0.4 is 5.32 Å². The number of β-amino-alcohol motifs (C(OH)–C–C–N with tert-alkyl or cyclic N) is 1. The summed E-state index contributed by atoms with van der Waals surface area (Å²) in [6.45, 7) is 6.26. The number of aliphatic hydroxyl groups excluding tert-OH is 2. The standard InChI is InChI=1S/C13H21NO3.ClH.4H2/c1-13(2,3)14-7-12(17)9-4-5-11(16)10(6-9)8-15;;;;;/h4-6,12,14-17H,7-8H2,1-3H3;5*1H/t12-;;;;;/m1...../s1. The first-order chi connectivity index (χ1) is 7.83. The number of phenols is 1. The molecule has 0 spiro atoms. The summed E-state index contributed by atoms with van der Waals surface area (Å²) in [6.07, 6.45) is -0.653. The second-order valence-corrected chi connectivity index (χ2v) is 5.19. The van der Waals surface area contributed by atoms with Crippen molar-refractivity contribution in [3.05, 3.63) is 29.3 Å². The summed E-state index contributed by atoms with van der Waals surface area (Å²) < 4.78 is 0. The number of halogens is 1. The van der Waals surface area contributed by atoms with Crippen LogP contribution in [0.15, 0.2) is 18.2 Å². The van der Waals surface area contributed by atoms with E-state index in [1.807, 2.05) is 20.8 Å². The van der Waals surface area contributed by atoms with Crippen molar-refractivity contribution in [1.29, 1.82) is 0 Å². The molecule has 0 fully saturated rings. The highest BCUT2D eigenvalue weighted by Crippen LogP contribution is 2.22. The van der Waals surface area contributed by atoms with Gasteiger partial charge in [-0.05, 0) is 38.5 Å². The average molecular weight is 284 g/mol. The zero-order valence-electron chi connectivity index (χ0n) is 11.0. The molecule has 18 heavy (non-hydrogen) atoms. The maximum absolute atomic E-state index is 9.97. The van der Waals surface area contributed by atoms with E-state index in [0.717, 1.165) is 0 Å². The second kappa shape index (κ2) is 6.95. The molecule has 0 unspecified atom stereocenters. The molecular weight excluding hydrogens is 254 g/mol. The topological polar surface area (TPSA) is 72.7 Å². The van der Waals surface area contributed by atoms with Gasteiger partial charge in [0.2, 0.25) is 0 Å². The van der Waals surface area contributed by atoms with Gasteiger partial charge in [-0.15, -0.1) is 12.4 Å². The highest BCUT2D eigenvalue weighted by Gasteiger charge is 2.14. The van der Waals surface area contributed by atoms with Gasteiger partial charge in [-0.3, -0.25) is 0 Å². The van der Waals surface area contributed by atoms with Gasteiger partial charge in [-0.25, -0.2) is 0 Å². The Labute approximate surface area is 120 Å². The predicted octanol–water partition coefficient (Wildman–Crippen LogP) is 2.71. The van der Waals surface area contributed by atoms with Crippen LogP contribution in [0.1, 0.15) is 43.7 Å². The zero-order chi connectivity index (χ0) is 13.1. The van der Waals surface area contributed by atoms with Crippen LogP contribution in [0, 0.1) is 0 Å². The Bertz CT molecular complexity index is 392. The van der Waals surface area contributed by atoms with Crippen molar-refractivity contribution in [1.82, 2.24) is 5.32 Å². The van der Waals surface area contributed by atoms with Crippen LogP contribution >= 0.6 is 12.4 Å². The zero-order valence-corrected chi connectivity index (χ0v) is 11.8. The number of hydrogen-bond donors (Lipinski definition) is 4. The van der Waals surface area contributed by atoms with Gasteiger partial charge in [0, 0.05) is 23.4 Å². The van der Waals surface area contributed by atoms with Crippen LogP contribution in [-0.2, 0) is 6.61 Å². The van der Waals surface area contributed by atoms with Crippen LogP contribution in [0.4, 0.5) is 0 Å². The smallest absolute Gasteiger partial charge is 0.121 e. The Hall–Kier alpha value is -0.810. The van der Waals surface area contributed by atoms with Crippen molar-refractivity contribution in [2.24, 2.45) is 0 Å². The van der Waals surface area contributed by atoms with Crippen LogP contribution in [-0.4, -0.2) is 27.4 Å². The highest BCUT2D eigenvalue weighted by atomic mass is 35.5. The molecule has 1 aromatic carbocycles. The minimum atomic E-state index is -0.653. The quantitative estimate of drug-likeness (QED) is 0.686. The Morgan fingerprint density at radius 1 is 1.33 bits per heavy atom. The molecule has 4 nitrogen and oxygen atoms in total. The van der Waals surface area contributed by atoms with Crippen molar-refractivity contribution in [2.75, 3.05) is 6.54 Å². The van der Waals surface area contributed by atoms with E-state index in [1.54, 1.807) is 12.1 Å². The summed E-state index contributed by atoms with van der Waals surface area (Å²) in [7, 11) is 0. The highest BCUT2D eigenvalue weighted by molar-refractivity contribution is 5.85. The lowest BCUT2D eigenvalue weighted by Gasteiger charge is -2.23. The molecule has 0 saturated carbocycles. The van der Waals surface area contributed by atoms with Crippen LogP contribution in [0.3, 0.4) is 0 Å². The number of nitrogens with one attached hydrogen (secondary N) is 1. The lowest BCUT2D eigenvalue weighted by Crippen LogP contribution is -2.38. The SMILES string of the molecule is CC(C)(C)NC[C@@H](O)c1ccc(O)c(CO)c1.Cl.[HH].[HH].[HH].[HH]. The summed E-state index contributed by atoms with van der Waals surface area (Å²) in [5.41, 5.74) is 1.05. The number of hydrogen-bond acceptors (Lipinski definition) is 4. The third kappa shape index (κ3) is 5.23. The molecule has 0 amide bonds. The first kappa shape index (κ1) is 17.2. The molecule has 0 bridgehead atoms. The Balaban J connectivity index is -0.000000193. The van der Waals surface area contributed by atoms with E-state index >= 15 is 0 Å². The minimum absolute atomic E-state index is 0. The Morgan fingerprint density at radius 2 is 1.94 bits per heavy atom. The van der Waals surface area contributed by atoms with E-state index in [9.17, 15) is 10.2 Å². The molecule has 0 aliphatic heterocycles. The summed E-state index contributed by atoms with van der Waals surface area (Å²) in [6, 6.07) is 4.76. The van der Waals surface area contributed by atoms with E-state index in [0.29, 0.717) is 17.7 Å². The fourth-order valence-electron chi connectivity index (χ4n) is 1.46. The van der Waals surface area contributed by atoms with E-state index < -0.39 is 6.10 Å².